The number of carboxylic acids is 1. The number of carboxylic acid groups (broad SMARTS) is 1. The molecule has 0 fully saturated rings. The summed E-state index contributed by atoms with van der Waals surface area (Å²) in [6.07, 6.45) is 54.9. The van der Waals surface area contributed by atoms with Crippen molar-refractivity contribution in [1.29, 1.82) is 0 Å². The first-order chi connectivity index (χ1) is 23.6. The van der Waals surface area contributed by atoms with Crippen LogP contribution in [0, 0.1) is 0 Å². The minimum atomic E-state index is -0.710. The fraction of sp³-hybridized carbons (Fsp3) is 0.682. The van der Waals surface area contributed by atoms with Crippen molar-refractivity contribution >= 4 is 11.9 Å². The lowest BCUT2D eigenvalue weighted by Crippen LogP contribution is -2.18. The highest BCUT2D eigenvalue weighted by atomic mass is 16.5. The van der Waals surface area contributed by atoms with Gasteiger partial charge in [-0.2, -0.15) is 0 Å². The maximum atomic E-state index is 12.6. The van der Waals surface area contributed by atoms with Gasteiger partial charge in [-0.05, 0) is 77.0 Å². The zero-order chi connectivity index (χ0) is 35.0. The third kappa shape index (κ3) is 37.8. The number of hydrogen-bond donors (Lipinski definition) is 1. The van der Waals surface area contributed by atoms with Gasteiger partial charge >= 0.3 is 11.9 Å². The van der Waals surface area contributed by atoms with Gasteiger partial charge in [0.05, 0.1) is 0 Å². The predicted octanol–water partition coefficient (Wildman–Crippen LogP) is 13.9. The van der Waals surface area contributed by atoms with E-state index < -0.39 is 5.97 Å². The van der Waals surface area contributed by atoms with E-state index >= 15 is 0 Å². The Labute approximate surface area is 297 Å². The van der Waals surface area contributed by atoms with Crippen molar-refractivity contribution in [3.8, 4) is 0 Å². The van der Waals surface area contributed by atoms with E-state index in [-0.39, 0.29) is 18.5 Å². The SMILES string of the molecule is CC/C=C\C/C=C\C/C=C\C/C=C\C/C=C\C/C=C\CCC(=O)OC(CCCCCCCCCCCCC)CCCCCCCC(=O)O. The summed E-state index contributed by atoms with van der Waals surface area (Å²) < 4.78 is 5.96. The van der Waals surface area contributed by atoms with Gasteiger partial charge in [0.1, 0.15) is 6.10 Å². The standard InChI is InChI=1S/C44H74O4/c1-3-5-7-9-11-13-15-16-17-18-19-20-21-22-24-26-28-33-37-41-44(47)48-42(39-35-31-29-32-36-40-43(45)46)38-34-30-27-25-23-14-12-10-8-6-4-2/h5,7,11,13,16-17,19-20,22,24,28,33,42H,3-4,6,8-10,12,14-15,18,21,23,25-27,29-32,34-41H2,1-2H3,(H,45,46)/b7-5-,13-11-,17-16-,20-19-,24-22-,33-28-. The fourth-order valence-electron chi connectivity index (χ4n) is 5.56. The summed E-state index contributed by atoms with van der Waals surface area (Å²) in [7, 11) is 0. The fourth-order valence-corrected chi connectivity index (χ4v) is 5.56. The van der Waals surface area contributed by atoms with Gasteiger partial charge in [0.15, 0.2) is 0 Å². The molecule has 0 spiro atoms. The number of carbonyl (C=O) groups is 2. The van der Waals surface area contributed by atoms with Crippen molar-refractivity contribution in [1.82, 2.24) is 0 Å². The Hall–Kier alpha value is -2.62. The summed E-state index contributed by atoms with van der Waals surface area (Å²) >= 11 is 0. The minimum Gasteiger partial charge on any atom is -0.481 e. The molecule has 0 heterocycles. The molecule has 4 nitrogen and oxygen atoms in total. The summed E-state index contributed by atoms with van der Waals surface area (Å²) in [5, 5.41) is 8.82. The van der Waals surface area contributed by atoms with Gasteiger partial charge in [-0.25, -0.2) is 0 Å². The van der Waals surface area contributed by atoms with Crippen molar-refractivity contribution in [2.45, 2.75) is 193 Å². The molecule has 1 atom stereocenters. The van der Waals surface area contributed by atoms with Crippen molar-refractivity contribution in [3.05, 3.63) is 72.9 Å². The van der Waals surface area contributed by atoms with Gasteiger partial charge in [0.25, 0.3) is 0 Å². The molecule has 0 aromatic heterocycles. The lowest BCUT2D eigenvalue weighted by atomic mass is 10.0. The Kier molecular flexibility index (Phi) is 36.7. The van der Waals surface area contributed by atoms with E-state index in [1.54, 1.807) is 0 Å². The molecule has 4 heteroatoms. The predicted molar refractivity (Wildman–Crippen MR) is 208 cm³/mol. The van der Waals surface area contributed by atoms with E-state index in [4.69, 9.17) is 9.84 Å². The number of rotatable bonds is 35. The van der Waals surface area contributed by atoms with Crippen molar-refractivity contribution in [2.24, 2.45) is 0 Å². The molecule has 0 saturated carbocycles. The topological polar surface area (TPSA) is 63.6 Å². The molecule has 0 bridgehead atoms. The largest absolute Gasteiger partial charge is 0.481 e. The molecular weight excluding hydrogens is 592 g/mol. The number of unbranched alkanes of at least 4 members (excludes halogenated alkanes) is 14. The lowest BCUT2D eigenvalue weighted by Gasteiger charge is -2.18. The van der Waals surface area contributed by atoms with Crippen LogP contribution in [0.5, 0.6) is 0 Å². The van der Waals surface area contributed by atoms with Gasteiger partial charge in [-0.15, -0.1) is 0 Å². The van der Waals surface area contributed by atoms with Crippen molar-refractivity contribution in [3.63, 3.8) is 0 Å². The van der Waals surface area contributed by atoms with E-state index in [2.05, 4.69) is 86.8 Å². The number of ether oxygens (including phenoxy) is 1. The summed E-state index contributed by atoms with van der Waals surface area (Å²) in [6, 6.07) is 0. The van der Waals surface area contributed by atoms with Gasteiger partial charge in [-0.1, -0.05) is 170 Å². The number of allylic oxidation sites excluding steroid dienone is 12. The van der Waals surface area contributed by atoms with Crippen LogP contribution >= 0.6 is 0 Å². The number of carbonyl (C=O) groups excluding carboxylic acids is 1. The quantitative estimate of drug-likeness (QED) is 0.0415. The average molecular weight is 667 g/mol. The molecule has 0 saturated heterocycles. The maximum Gasteiger partial charge on any atom is 0.306 e. The third-order valence-electron chi connectivity index (χ3n) is 8.46. The molecule has 0 radical (unpaired) electrons. The van der Waals surface area contributed by atoms with E-state index in [1.165, 1.54) is 64.2 Å². The Morgan fingerprint density at radius 3 is 1.27 bits per heavy atom. The third-order valence-corrected chi connectivity index (χ3v) is 8.46. The van der Waals surface area contributed by atoms with Crippen LogP contribution in [-0.2, 0) is 14.3 Å². The molecule has 0 rings (SSSR count). The van der Waals surface area contributed by atoms with Crippen LogP contribution in [0.2, 0.25) is 0 Å². The smallest absolute Gasteiger partial charge is 0.306 e. The summed E-state index contributed by atoms with van der Waals surface area (Å²) in [4.78, 5) is 23.3. The van der Waals surface area contributed by atoms with Gasteiger partial charge in [-0.3, -0.25) is 9.59 Å². The van der Waals surface area contributed by atoms with E-state index in [9.17, 15) is 9.59 Å². The number of aliphatic carboxylic acids is 1. The molecule has 0 aromatic rings. The second-order valence-electron chi connectivity index (χ2n) is 13.1. The van der Waals surface area contributed by atoms with E-state index in [0.717, 1.165) is 96.3 Å². The molecule has 1 unspecified atom stereocenters. The molecule has 0 aliphatic heterocycles. The Bertz CT molecular complexity index is 892. The lowest BCUT2D eigenvalue weighted by molar-refractivity contribution is -0.149. The van der Waals surface area contributed by atoms with Crippen LogP contribution < -0.4 is 0 Å². The molecule has 48 heavy (non-hydrogen) atoms. The second kappa shape index (κ2) is 38.8. The molecule has 1 N–H and O–H groups in total. The molecule has 0 aliphatic rings. The van der Waals surface area contributed by atoms with E-state index in [0.29, 0.717) is 6.42 Å². The molecule has 0 amide bonds. The second-order valence-corrected chi connectivity index (χ2v) is 13.1. The summed E-state index contributed by atoms with van der Waals surface area (Å²) in [5.41, 5.74) is 0. The number of esters is 1. The number of hydrogen-bond acceptors (Lipinski definition) is 3. The van der Waals surface area contributed by atoms with Crippen LogP contribution in [0.3, 0.4) is 0 Å². The highest BCUT2D eigenvalue weighted by Gasteiger charge is 2.14. The zero-order valence-electron chi connectivity index (χ0n) is 31.3. The van der Waals surface area contributed by atoms with Gasteiger partial charge < -0.3 is 9.84 Å². The first-order valence-corrected chi connectivity index (χ1v) is 19.9. The molecule has 0 aliphatic carbocycles. The Balaban J connectivity index is 4.18. The van der Waals surface area contributed by atoms with E-state index in [1.807, 2.05) is 0 Å². The van der Waals surface area contributed by atoms with Crippen LogP contribution in [0.15, 0.2) is 72.9 Å². The van der Waals surface area contributed by atoms with Crippen LogP contribution in [0.1, 0.15) is 187 Å². The van der Waals surface area contributed by atoms with Crippen LogP contribution in [-0.4, -0.2) is 23.1 Å². The highest BCUT2D eigenvalue weighted by Crippen LogP contribution is 2.18. The molecular formula is C44H74O4. The van der Waals surface area contributed by atoms with Crippen LogP contribution in [0.4, 0.5) is 0 Å². The summed E-state index contributed by atoms with van der Waals surface area (Å²) in [6.45, 7) is 4.42. The van der Waals surface area contributed by atoms with Gasteiger partial charge in [0, 0.05) is 12.8 Å². The van der Waals surface area contributed by atoms with Crippen molar-refractivity contribution in [2.75, 3.05) is 0 Å². The maximum absolute atomic E-state index is 12.6. The first-order valence-electron chi connectivity index (χ1n) is 19.9. The molecule has 0 aromatic carbocycles. The minimum absolute atomic E-state index is 0.0142. The Morgan fingerprint density at radius 1 is 0.479 bits per heavy atom. The highest BCUT2D eigenvalue weighted by molar-refractivity contribution is 5.69. The van der Waals surface area contributed by atoms with Crippen molar-refractivity contribution < 1.29 is 19.4 Å². The monoisotopic (exact) mass is 667 g/mol. The van der Waals surface area contributed by atoms with Gasteiger partial charge in [0.2, 0.25) is 0 Å². The Morgan fingerprint density at radius 2 is 0.854 bits per heavy atom. The summed E-state index contributed by atoms with van der Waals surface area (Å²) in [5.74, 6) is -0.790. The first kappa shape index (κ1) is 45.4. The molecule has 274 valence electrons. The normalized spacial score (nSPS) is 13.0. The van der Waals surface area contributed by atoms with Crippen LogP contribution in [0.25, 0.3) is 0 Å². The average Bonchev–Trinajstić information content (AvgIpc) is 3.07. The zero-order valence-corrected chi connectivity index (χ0v) is 31.3.